The lowest BCUT2D eigenvalue weighted by atomic mass is 9.58. The third-order valence-electron chi connectivity index (χ3n) is 6.61. The van der Waals surface area contributed by atoms with E-state index in [1.165, 1.54) is 11.1 Å². The molecule has 0 spiro atoms. The first-order valence-corrected chi connectivity index (χ1v) is 9.91. The molecule has 2 aliphatic rings. The van der Waals surface area contributed by atoms with E-state index in [4.69, 9.17) is 0 Å². The minimum Gasteiger partial charge on any atom is -0.298 e. The molecule has 0 bridgehead atoms. The van der Waals surface area contributed by atoms with Crippen LogP contribution in [0.3, 0.4) is 0 Å². The van der Waals surface area contributed by atoms with Crippen molar-refractivity contribution in [3.05, 3.63) is 59.7 Å². The molecule has 1 unspecified atom stereocenters. The van der Waals surface area contributed by atoms with Crippen LogP contribution in [0.2, 0.25) is 0 Å². The quantitative estimate of drug-likeness (QED) is 0.621. The SMILES string of the molecule is CC(C)C1=CC=CC(C(=O)C2(c3ccccc3)CCCC2)(C(C)C)C1. The average molecular weight is 337 g/mol. The summed E-state index contributed by atoms with van der Waals surface area (Å²) in [4.78, 5) is 14.2. The predicted molar refractivity (Wildman–Crippen MR) is 106 cm³/mol. The Hall–Kier alpha value is -1.63. The average Bonchev–Trinajstić information content (AvgIpc) is 3.12. The fourth-order valence-corrected chi connectivity index (χ4v) is 4.84. The third-order valence-corrected chi connectivity index (χ3v) is 6.61. The van der Waals surface area contributed by atoms with Gasteiger partial charge in [-0.25, -0.2) is 0 Å². The largest absolute Gasteiger partial charge is 0.298 e. The number of hydrogen-bond acceptors (Lipinski definition) is 1. The van der Waals surface area contributed by atoms with E-state index < -0.39 is 0 Å². The summed E-state index contributed by atoms with van der Waals surface area (Å²) < 4.78 is 0. The maximum absolute atomic E-state index is 14.2. The molecule has 0 amide bonds. The van der Waals surface area contributed by atoms with Crippen LogP contribution in [-0.2, 0) is 10.2 Å². The molecule has 1 aromatic rings. The molecule has 2 aliphatic carbocycles. The van der Waals surface area contributed by atoms with Gasteiger partial charge < -0.3 is 0 Å². The Morgan fingerprint density at radius 3 is 2.20 bits per heavy atom. The van der Waals surface area contributed by atoms with E-state index >= 15 is 0 Å². The smallest absolute Gasteiger partial charge is 0.153 e. The predicted octanol–water partition coefficient (Wildman–Crippen LogP) is 6.25. The number of rotatable bonds is 5. The molecule has 25 heavy (non-hydrogen) atoms. The van der Waals surface area contributed by atoms with Crippen molar-refractivity contribution in [3.63, 3.8) is 0 Å². The van der Waals surface area contributed by atoms with Crippen LogP contribution in [0.25, 0.3) is 0 Å². The zero-order chi connectivity index (χ0) is 18.1. The van der Waals surface area contributed by atoms with Crippen molar-refractivity contribution in [1.29, 1.82) is 0 Å². The molecule has 0 aliphatic heterocycles. The molecule has 134 valence electrons. The van der Waals surface area contributed by atoms with Gasteiger partial charge in [-0.3, -0.25) is 4.79 Å². The van der Waals surface area contributed by atoms with Crippen molar-refractivity contribution < 1.29 is 4.79 Å². The lowest BCUT2D eigenvalue weighted by molar-refractivity contribution is -0.134. The van der Waals surface area contributed by atoms with Crippen molar-refractivity contribution in [1.82, 2.24) is 0 Å². The molecular weight excluding hydrogens is 304 g/mol. The maximum atomic E-state index is 14.2. The number of benzene rings is 1. The molecule has 0 heterocycles. The van der Waals surface area contributed by atoms with Gasteiger partial charge in [0, 0.05) is 0 Å². The van der Waals surface area contributed by atoms with Crippen LogP contribution in [0.4, 0.5) is 0 Å². The summed E-state index contributed by atoms with van der Waals surface area (Å²) in [6.45, 7) is 8.92. The van der Waals surface area contributed by atoms with Crippen LogP contribution in [-0.4, -0.2) is 5.78 Å². The molecular formula is C24H32O. The van der Waals surface area contributed by atoms with Crippen LogP contribution < -0.4 is 0 Å². The Balaban J connectivity index is 2.06. The summed E-state index contributed by atoms with van der Waals surface area (Å²) in [5.41, 5.74) is 1.97. The molecule has 1 saturated carbocycles. The lowest BCUT2D eigenvalue weighted by Gasteiger charge is -2.43. The van der Waals surface area contributed by atoms with Gasteiger partial charge in [0.1, 0.15) is 0 Å². The Labute approximate surface area is 153 Å². The summed E-state index contributed by atoms with van der Waals surface area (Å²) in [6, 6.07) is 10.6. The van der Waals surface area contributed by atoms with Crippen LogP contribution >= 0.6 is 0 Å². The van der Waals surface area contributed by atoms with Crippen molar-refractivity contribution >= 4 is 5.78 Å². The summed E-state index contributed by atoms with van der Waals surface area (Å²) in [5, 5.41) is 0. The lowest BCUT2D eigenvalue weighted by Crippen LogP contribution is -2.48. The van der Waals surface area contributed by atoms with Gasteiger partial charge in [0.15, 0.2) is 5.78 Å². The van der Waals surface area contributed by atoms with Gasteiger partial charge in [-0.15, -0.1) is 0 Å². The van der Waals surface area contributed by atoms with Gasteiger partial charge >= 0.3 is 0 Å². The Kier molecular flexibility index (Phi) is 5.04. The van der Waals surface area contributed by atoms with E-state index in [0.717, 1.165) is 32.1 Å². The maximum Gasteiger partial charge on any atom is 0.153 e. The van der Waals surface area contributed by atoms with E-state index in [-0.39, 0.29) is 10.8 Å². The highest BCUT2D eigenvalue weighted by molar-refractivity contribution is 5.97. The number of hydrogen-bond donors (Lipinski definition) is 0. The zero-order valence-electron chi connectivity index (χ0n) is 16.2. The second kappa shape index (κ2) is 6.94. The molecule has 0 radical (unpaired) electrons. The number of Topliss-reactive ketones (excluding diaryl/α,β-unsaturated/α-hetero) is 1. The molecule has 3 rings (SSSR count). The highest BCUT2D eigenvalue weighted by Gasteiger charge is 2.52. The zero-order valence-corrected chi connectivity index (χ0v) is 16.2. The van der Waals surface area contributed by atoms with Gasteiger partial charge in [0.25, 0.3) is 0 Å². The molecule has 1 heteroatoms. The van der Waals surface area contributed by atoms with Gasteiger partial charge in [-0.2, -0.15) is 0 Å². The Bertz CT molecular complexity index is 671. The van der Waals surface area contributed by atoms with E-state index in [9.17, 15) is 4.79 Å². The van der Waals surface area contributed by atoms with Crippen molar-refractivity contribution in [3.8, 4) is 0 Å². The van der Waals surface area contributed by atoms with Gasteiger partial charge in [0.05, 0.1) is 10.8 Å². The first kappa shape index (κ1) is 18.2. The van der Waals surface area contributed by atoms with Crippen molar-refractivity contribution in [2.75, 3.05) is 0 Å². The molecule has 0 aromatic heterocycles. The van der Waals surface area contributed by atoms with Gasteiger partial charge in [0.2, 0.25) is 0 Å². The third kappa shape index (κ3) is 3.03. The standard InChI is InChI=1S/C24H32O/c1-18(2)20-11-10-16-24(17-20,19(3)4)22(25)23(14-8-9-15-23)21-12-6-5-7-13-21/h5-7,10-13,16,18-19H,8-9,14-15,17H2,1-4H3. The summed E-state index contributed by atoms with van der Waals surface area (Å²) in [6.07, 6.45) is 11.8. The van der Waals surface area contributed by atoms with Crippen molar-refractivity contribution in [2.45, 2.75) is 65.2 Å². The minimum absolute atomic E-state index is 0.296. The van der Waals surface area contributed by atoms with E-state index in [1.807, 2.05) is 0 Å². The second-order valence-electron chi connectivity index (χ2n) is 8.61. The number of carbonyl (C=O) groups is 1. The number of carbonyl (C=O) groups excluding carboxylic acids is 1. The minimum atomic E-state index is -0.367. The van der Waals surface area contributed by atoms with Crippen LogP contribution in [0.15, 0.2) is 54.1 Å². The topological polar surface area (TPSA) is 17.1 Å². The van der Waals surface area contributed by atoms with Crippen molar-refractivity contribution in [2.24, 2.45) is 17.3 Å². The van der Waals surface area contributed by atoms with E-state index in [2.05, 4.69) is 76.3 Å². The molecule has 1 atom stereocenters. The highest BCUT2D eigenvalue weighted by atomic mass is 16.1. The summed E-state index contributed by atoms with van der Waals surface area (Å²) >= 11 is 0. The van der Waals surface area contributed by atoms with Gasteiger partial charge in [-0.05, 0) is 36.7 Å². The number of allylic oxidation sites excluding steroid dienone is 4. The molecule has 0 N–H and O–H groups in total. The normalized spacial score (nSPS) is 25.4. The van der Waals surface area contributed by atoms with Crippen LogP contribution in [0, 0.1) is 17.3 Å². The molecule has 1 nitrogen and oxygen atoms in total. The van der Waals surface area contributed by atoms with Gasteiger partial charge in [-0.1, -0.05) is 94.7 Å². The van der Waals surface area contributed by atoms with E-state index in [1.54, 1.807) is 0 Å². The highest BCUT2D eigenvalue weighted by Crippen LogP contribution is 2.52. The fraction of sp³-hybridized carbons (Fsp3) is 0.542. The molecule has 1 aromatic carbocycles. The summed E-state index contributed by atoms with van der Waals surface area (Å²) in [7, 11) is 0. The number of ketones is 1. The molecule has 0 saturated heterocycles. The second-order valence-corrected chi connectivity index (χ2v) is 8.61. The monoisotopic (exact) mass is 336 g/mol. The van der Waals surface area contributed by atoms with E-state index in [0.29, 0.717) is 17.6 Å². The first-order chi connectivity index (χ1) is 11.9. The Morgan fingerprint density at radius 2 is 1.64 bits per heavy atom. The van der Waals surface area contributed by atoms with Crippen LogP contribution in [0.1, 0.15) is 65.4 Å². The molecule has 1 fully saturated rings. The van der Waals surface area contributed by atoms with Crippen LogP contribution in [0.5, 0.6) is 0 Å². The first-order valence-electron chi connectivity index (χ1n) is 9.91. The Morgan fingerprint density at radius 1 is 1.00 bits per heavy atom. The fourth-order valence-electron chi connectivity index (χ4n) is 4.84. The summed E-state index contributed by atoms with van der Waals surface area (Å²) in [5.74, 6) is 1.26.